The number of pyridine rings is 1. The lowest BCUT2D eigenvalue weighted by Gasteiger charge is -2.35. The average Bonchev–Trinajstić information content (AvgIpc) is 2.82. The maximum absolute atomic E-state index is 14.8. The molecule has 2 N–H and O–H groups in total. The van der Waals surface area contributed by atoms with E-state index < -0.39 is 31.0 Å². The Balaban J connectivity index is 1.87. The van der Waals surface area contributed by atoms with Gasteiger partial charge in [-0.1, -0.05) is 13.8 Å². The Morgan fingerprint density at radius 2 is 2.06 bits per heavy atom. The number of nitrogens with one attached hydrogen (secondary N) is 2. The number of hydrogen-bond donors (Lipinski definition) is 2. The average molecular weight is 468 g/mol. The Morgan fingerprint density at radius 1 is 1.27 bits per heavy atom. The molecule has 0 radical (unpaired) electrons. The lowest BCUT2D eigenvalue weighted by Crippen LogP contribution is -2.50. The van der Waals surface area contributed by atoms with Crippen LogP contribution in [0.3, 0.4) is 0 Å². The number of carbonyl (C=O) groups excluding carboxylic acids is 1. The summed E-state index contributed by atoms with van der Waals surface area (Å²) in [6, 6.07) is 2.65. The second-order valence-electron chi connectivity index (χ2n) is 7.93. The van der Waals surface area contributed by atoms with Gasteiger partial charge in [0.15, 0.2) is 6.10 Å². The van der Waals surface area contributed by atoms with Crippen molar-refractivity contribution in [3.05, 3.63) is 29.6 Å². The van der Waals surface area contributed by atoms with E-state index in [1.165, 1.54) is 13.0 Å². The van der Waals surface area contributed by atoms with Gasteiger partial charge in [0, 0.05) is 37.7 Å². The highest BCUT2D eigenvalue weighted by molar-refractivity contribution is 5.88. The van der Waals surface area contributed by atoms with Crippen LogP contribution in [-0.4, -0.2) is 53.1 Å². The molecule has 0 saturated carbocycles. The van der Waals surface area contributed by atoms with E-state index >= 15 is 0 Å². The van der Waals surface area contributed by atoms with Crippen LogP contribution in [0.4, 0.5) is 34.0 Å². The highest BCUT2D eigenvalue weighted by Gasteiger charge is 2.39. The molecule has 2 aliphatic rings. The van der Waals surface area contributed by atoms with Crippen LogP contribution in [0.1, 0.15) is 43.9 Å². The van der Waals surface area contributed by atoms with Crippen molar-refractivity contribution in [3.63, 3.8) is 0 Å². The fraction of sp³-hybridized carbons (Fsp3) is 0.524. The second kappa shape index (κ2) is 9.08. The lowest BCUT2D eigenvalue weighted by molar-refractivity contribution is -0.0170. The van der Waals surface area contributed by atoms with Gasteiger partial charge in [-0.05, 0) is 18.6 Å². The normalized spacial score (nSPS) is 20.9. The number of hydrogen-bond acceptors (Lipinski definition) is 7. The predicted octanol–water partition coefficient (Wildman–Crippen LogP) is 4.10. The minimum atomic E-state index is -3.16. The molecule has 0 aromatic carbocycles. The first kappa shape index (κ1) is 23.1. The molecule has 0 aliphatic carbocycles. The number of carbonyl (C=O) groups is 1. The molecule has 2 aromatic rings. The van der Waals surface area contributed by atoms with E-state index in [1.54, 1.807) is 0 Å². The molecule has 1 saturated heterocycles. The first-order valence-corrected chi connectivity index (χ1v) is 10.7. The number of piperazine rings is 1. The van der Waals surface area contributed by atoms with Crippen LogP contribution >= 0.6 is 0 Å². The Morgan fingerprint density at radius 3 is 2.76 bits per heavy atom. The van der Waals surface area contributed by atoms with Crippen molar-refractivity contribution in [1.29, 1.82) is 0 Å². The fourth-order valence-corrected chi connectivity index (χ4v) is 3.97. The minimum absolute atomic E-state index is 0.0220. The van der Waals surface area contributed by atoms with E-state index in [2.05, 4.69) is 25.6 Å². The molecule has 4 heterocycles. The number of alkyl halides is 4. The third-order valence-electron chi connectivity index (χ3n) is 5.84. The zero-order chi connectivity index (χ0) is 23.8. The molecular weight excluding hydrogens is 444 g/mol. The summed E-state index contributed by atoms with van der Waals surface area (Å²) in [6.45, 7) is 5.14. The van der Waals surface area contributed by atoms with Gasteiger partial charge in [0.25, 0.3) is 12.3 Å². The van der Waals surface area contributed by atoms with E-state index in [1.807, 2.05) is 11.8 Å². The minimum Gasteiger partial charge on any atom is -0.435 e. The Bertz CT molecular complexity index is 1040. The summed E-state index contributed by atoms with van der Waals surface area (Å²) in [6.07, 6.45) is -4.64. The Kier molecular flexibility index (Phi) is 6.37. The SMILES string of the molecule is CC[C@H]1CN(c2cc(C(F)(F)CC)cc(-c3ncnc4c3[C@H](C(F)F)OC(=O)N4)n2)CCN1. The van der Waals surface area contributed by atoms with E-state index in [0.29, 0.717) is 25.5 Å². The summed E-state index contributed by atoms with van der Waals surface area (Å²) in [7, 11) is 0. The number of rotatable bonds is 6. The summed E-state index contributed by atoms with van der Waals surface area (Å²) < 4.78 is 61.8. The van der Waals surface area contributed by atoms with Crippen molar-refractivity contribution in [2.45, 2.75) is 51.2 Å². The summed E-state index contributed by atoms with van der Waals surface area (Å²) in [4.78, 5) is 26.0. The molecule has 0 bridgehead atoms. The molecule has 2 aliphatic heterocycles. The zero-order valence-electron chi connectivity index (χ0n) is 18.1. The van der Waals surface area contributed by atoms with E-state index in [9.17, 15) is 22.4 Å². The second-order valence-corrected chi connectivity index (χ2v) is 7.93. The summed E-state index contributed by atoms with van der Waals surface area (Å²) >= 11 is 0. The molecule has 12 heteroatoms. The number of fused-ring (bicyclic) bond motifs is 1. The largest absolute Gasteiger partial charge is 0.435 e. The van der Waals surface area contributed by atoms with Gasteiger partial charge in [0.2, 0.25) is 0 Å². The molecule has 4 rings (SSSR count). The van der Waals surface area contributed by atoms with Crippen LogP contribution in [0, 0.1) is 0 Å². The maximum atomic E-state index is 14.8. The van der Waals surface area contributed by atoms with Gasteiger partial charge in [0.05, 0.1) is 11.3 Å². The Labute approximate surface area is 187 Å². The van der Waals surface area contributed by atoms with Crippen LogP contribution in [-0.2, 0) is 10.7 Å². The van der Waals surface area contributed by atoms with Gasteiger partial charge in [-0.25, -0.2) is 37.3 Å². The monoisotopic (exact) mass is 468 g/mol. The van der Waals surface area contributed by atoms with E-state index in [4.69, 9.17) is 4.74 Å². The summed E-state index contributed by atoms with van der Waals surface area (Å²) in [5.74, 6) is -3.02. The summed E-state index contributed by atoms with van der Waals surface area (Å²) in [5, 5.41) is 5.62. The van der Waals surface area contributed by atoms with Gasteiger partial charge in [-0.3, -0.25) is 5.32 Å². The molecule has 0 spiro atoms. The number of amides is 1. The smallest absolute Gasteiger partial charge is 0.413 e. The Hall–Kier alpha value is -3.02. The van der Waals surface area contributed by atoms with Gasteiger partial charge in [-0.2, -0.15) is 0 Å². The van der Waals surface area contributed by atoms with E-state index in [0.717, 1.165) is 18.8 Å². The van der Waals surface area contributed by atoms with Crippen LogP contribution in [0.5, 0.6) is 0 Å². The standard InChI is InChI=1S/C21H24F4N6O2/c1-3-12-9-31(6-5-26-12)14-8-11(21(24,25)4-2)7-13(29-14)16-15-17(18(22)23)33-20(32)30-19(15)28-10-27-16/h7-8,10,12,17-18,26H,3-6,9H2,1-2H3,(H,27,28,30,32)/t12-,17+/m0/s1. The molecule has 1 amide bonds. The van der Waals surface area contributed by atoms with Crippen molar-refractivity contribution in [2.24, 2.45) is 0 Å². The van der Waals surface area contributed by atoms with Crippen molar-refractivity contribution in [1.82, 2.24) is 20.3 Å². The molecule has 1 fully saturated rings. The molecule has 33 heavy (non-hydrogen) atoms. The van der Waals surface area contributed by atoms with Gasteiger partial charge in [0.1, 0.15) is 23.7 Å². The van der Waals surface area contributed by atoms with Gasteiger partial charge in [-0.15, -0.1) is 0 Å². The molecule has 2 atom stereocenters. The van der Waals surface area contributed by atoms with Crippen LogP contribution in [0.2, 0.25) is 0 Å². The third-order valence-corrected chi connectivity index (χ3v) is 5.84. The number of anilines is 2. The molecule has 8 nitrogen and oxygen atoms in total. The van der Waals surface area contributed by atoms with E-state index in [-0.39, 0.29) is 34.4 Å². The first-order chi connectivity index (χ1) is 15.7. The van der Waals surface area contributed by atoms with Crippen molar-refractivity contribution < 1.29 is 27.1 Å². The highest BCUT2D eigenvalue weighted by atomic mass is 19.3. The molecular formula is C21H24F4N6O2. The number of halogens is 4. The molecule has 2 aromatic heterocycles. The quantitative estimate of drug-likeness (QED) is 0.617. The first-order valence-electron chi connectivity index (χ1n) is 10.7. The molecule has 0 unspecified atom stereocenters. The van der Waals surface area contributed by atoms with Crippen LogP contribution < -0.4 is 15.5 Å². The van der Waals surface area contributed by atoms with Crippen LogP contribution in [0.25, 0.3) is 11.4 Å². The molecule has 178 valence electrons. The third kappa shape index (κ3) is 4.56. The number of aromatic nitrogens is 3. The maximum Gasteiger partial charge on any atom is 0.413 e. The lowest BCUT2D eigenvalue weighted by atomic mass is 10.0. The zero-order valence-corrected chi connectivity index (χ0v) is 18.1. The van der Waals surface area contributed by atoms with Crippen molar-refractivity contribution >= 4 is 17.7 Å². The number of cyclic esters (lactones) is 1. The topological polar surface area (TPSA) is 92.3 Å². The van der Waals surface area contributed by atoms with Crippen molar-refractivity contribution in [3.8, 4) is 11.4 Å². The van der Waals surface area contributed by atoms with Crippen LogP contribution in [0.15, 0.2) is 18.5 Å². The number of ether oxygens (including phenoxy) is 1. The highest BCUT2D eigenvalue weighted by Crippen LogP contribution is 2.41. The number of nitrogens with zero attached hydrogens (tertiary/aromatic N) is 4. The van der Waals surface area contributed by atoms with Gasteiger partial charge < -0.3 is 15.0 Å². The predicted molar refractivity (Wildman–Crippen MR) is 113 cm³/mol. The van der Waals surface area contributed by atoms with Gasteiger partial charge >= 0.3 is 6.09 Å². The fourth-order valence-electron chi connectivity index (χ4n) is 3.97. The summed E-state index contributed by atoms with van der Waals surface area (Å²) in [5.41, 5.74) is -0.610. The van der Waals surface area contributed by atoms with Crippen molar-refractivity contribution in [2.75, 3.05) is 29.9 Å².